The van der Waals surface area contributed by atoms with Gasteiger partial charge in [-0.05, 0) is 56.0 Å². The Bertz CT molecular complexity index is 367. The van der Waals surface area contributed by atoms with Crippen molar-refractivity contribution in [2.24, 2.45) is 5.92 Å². The third-order valence-electron chi connectivity index (χ3n) is 3.61. The van der Waals surface area contributed by atoms with Gasteiger partial charge in [-0.25, -0.2) is 0 Å². The predicted molar refractivity (Wildman–Crippen MR) is 87.2 cm³/mol. The molecule has 0 saturated carbocycles. The van der Waals surface area contributed by atoms with E-state index in [1.54, 1.807) is 0 Å². The summed E-state index contributed by atoms with van der Waals surface area (Å²) in [5, 5.41) is 1.13. The number of alkyl halides is 1. The van der Waals surface area contributed by atoms with E-state index in [9.17, 15) is 0 Å². The van der Waals surface area contributed by atoms with Gasteiger partial charge in [0.05, 0.1) is 0 Å². The second-order valence-electron chi connectivity index (χ2n) is 5.09. The Kier molecular flexibility index (Phi) is 6.68. The maximum Gasteiger partial charge on any atom is 0.119 e. The van der Waals surface area contributed by atoms with Crippen LogP contribution in [0.3, 0.4) is 0 Å². The average molecular weight is 391 g/mol. The first-order valence-corrected chi connectivity index (χ1v) is 8.86. The van der Waals surface area contributed by atoms with Gasteiger partial charge in [0.25, 0.3) is 0 Å². The molecule has 1 fully saturated rings. The molecule has 0 bridgehead atoms. The molecule has 4 heteroatoms. The molecule has 2 rings (SSSR count). The smallest absolute Gasteiger partial charge is 0.119 e. The second-order valence-corrected chi connectivity index (χ2v) is 6.80. The van der Waals surface area contributed by atoms with Gasteiger partial charge < -0.3 is 4.74 Å². The maximum atomic E-state index is 5.79. The lowest BCUT2D eigenvalue weighted by Crippen LogP contribution is -2.38. The summed E-state index contributed by atoms with van der Waals surface area (Å²) in [5.41, 5.74) is 0. The lowest BCUT2D eigenvalue weighted by atomic mass is 9.96. The Morgan fingerprint density at radius 1 is 1.26 bits per heavy atom. The topological polar surface area (TPSA) is 12.5 Å². The molecule has 19 heavy (non-hydrogen) atoms. The minimum Gasteiger partial charge on any atom is -0.492 e. The molecule has 0 aliphatic carbocycles. The zero-order valence-corrected chi connectivity index (χ0v) is 14.3. The first-order valence-electron chi connectivity index (χ1n) is 6.94. The van der Waals surface area contributed by atoms with Crippen molar-refractivity contribution in [2.45, 2.75) is 19.3 Å². The van der Waals surface area contributed by atoms with Crippen LogP contribution < -0.4 is 4.74 Å². The van der Waals surface area contributed by atoms with Crippen LogP contribution in [0.2, 0.25) is 0 Å². The predicted octanol–water partition coefficient (Wildman–Crippen LogP) is 4.32. The number of benzene rings is 1. The highest BCUT2D eigenvalue weighted by atomic mass is 79.9. The van der Waals surface area contributed by atoms with E-state index < -0.39 is 0 Å². The Labute approximate surface area is 132 Å². The number of halogens is 2. The van der Waals surface area contributed by atoms with Crippen LogP contribution in [0.1, 0.15) is 19.3 Å². The average Bonchev–Trinajstić information content (AvgIpc) is 2.42. The number of nitrogens with zero attached hydrogens (tertiary/aromatic N) is 1. The normalized spacial score (nSPS) is 20.4. The molecule has 1 saturated heterocycles. The zero-order chi connectivity index (χ0) is 13.5. The minimum absolute atomic E-state index is 0.780. The van der Waals surface area contributed by atoms with Crippen molar-refractivity contribution < 1.29 is 4.74 Å². The van der Waals surface area contributed by atoms with Gasteiger partial charge in [0, 0.05) is 22.9 Å². The summed E-state index contributed by atoms with van der Waals surface area (Å²) in [6.07, 6.45) is 4.01. The molecule has 2 nitrogen and oxygen atoms in total. The van der Waals surface area contributed by atoms with Crippen LogP contribution in [-0.4, -0.2) is 36.5 Å². The van der Waals surface area contributed by atoms with Gasteiger partial charge in [0.2, 0.25) is 0 Å². The van der Waals surface area contributed by atoms with E-state index in [1.165, 1.54) is 32.4 Å². The van der Waals surface area contributed by atoms with Crippen molar-refractivity contribution in [3.63, 3.8) is 0 Å². The molecule has 1 unspecified atom stereocenters. The third kappa shape index (κ3) is 5.44. The highest BCUT2D eigenvalue weighted by Gasteiger charge is 2.18. The fraction of sp³-hybridized carbons (Fsp3) is 0.600. The summed E-state index contributed by atoms with van der Waals surface area (Å²) < 4.78 is 6.88. The zero-order valence-electron chi connectivity index (χ0n) is 11.2. The van der Waals surface area contributed by atoms with Crippen molar-refractivity contribution in [3.05, 3.63) is 28.7 Å². The van der Waals surface area contributed by atoms with E-state index in [2.05, 4.69) is 36.8 Å². The molecule has 1 heterocycles. The Morgan fingerprint density at radius 3 is 2.79 bits per heavy atom. The summed E-state index contributed by atoms with van der Waals surface area (Å²) in [6, 6.07) is 8.05. The quantitative estimate of drug-likeness (QED) is 0.670. The van der Waals surface area contributed by atoms with E-state index in [1.807, 2.05) is 24.3 Å². The maximum absolute atomic E-state index is 5.79. The molecule has 1 aromatic rings. The lowest BCUT2D eigenvalue weighted by Gasteiger charge is -2.32. The van der Waals surface area contributed by atoms with Gasteiger partial charge in [0.15, 0.2) is 0 Å². The van der Waals surface area contributed by atoms with Crippen molar-refractivity contribution >= 4 is 31.9 Å². The van der Waals surface area contributed by atoms with Gasteiger partial charge >= 0.3 is 0 Å². The Hall–Kier alpha value is -0.0600. The number of hydrogen-bond acceptors (Lipinski definition) is 2. The van der Waals surface area contributed by atoms with Crippen molar-refractivity contribution in [2.75, 3.05) is 31.6 Å². The fourth-order valence-electron chi connectivity index (χ4n) is 2.57. The molecule has 0 amide bonds. The van der Waals surface area contributed by atoms with Crippen LogP contribution in [0.4, 0.5) is 0 Å². The largest absolute Gasteiger partial charge is 0.492 e. The number of likely N-dealkylation sites (tertiary alicyclic amines) is 1. The number of hydrogen-bond donors (Lipinski definition) is 0. The van der Waals surface area contributed by atoms with Crippen LogP contribution in [0.25, 0.3) is 0 Å². The van der Waals surface area contributed by atoms with E-state index in [-0.39, 0.29) is 0 Å². The van der Waals surface area contributed by atoms with Gasteiger partial charge in [-0.15, -0.1) is 0 Å². The second kappa shape index (κ2) is 8.28. The fourth-order valence-corrected chi connectivity index (χ4v) is 3.48. The van der Waals surface area contributed by atoms with Crippen LogP contribution in [-0.2, 0) is 0 Å². The van der Waals surface area contributed by atoms with Crippen molar-refractivity contribution in [1.82, 2.24) is 4.90 Å². The molecule has 0 N–H and O–H groups in total. The number of ether oxygens (including phenoxy) is 1. The third-order valence-corrected chi connectivity index (χ3v) is 4.60. The molecular formula is C15H21Br2NO. The Morgan fingerprint density at radius 2 is 2.05 bits per heavy atom. The van der Waals surface area contributed by atoms with Crippen LogP contribution in [0.5, 0.6) is 5.75 Å². The molecule has 1 aromatic carbocycles. The van der Waals surface area contributed by atoms with Crippen LogP contribution in [0.15, 0.2) is 28.7 Å². The van der Waals surface area contributed by atoms with E-state index in [4.69, 9.17) is 4.74 Å². The number of rotatable bonds is 6. The summed E-state index contributed by atoms with van der Waals surface area (Å²) >= 11 is 6.98. The van der Waals surface area contributed by atoms with Gasteiger partial charge in [-0.1, -0.05) is 31.9 Å². The molecule has 1 atom stereocenters. The highest BCUT2D eigenvalue weighted by molar-refractivity contribution is 9.10. The van der Waals surface area contributed by atoms with Gasteiger partial charge in [-0.2, -0.15) is 0 Å². The lowest BCUT2D eigenvalue weighted by molar-refractivity contribution is 0.145. The summed E-state index contributed by atoms with van der Waals surface area (Å²) in [5.74, 6) is 1.82. The first kappa shape index (κ1) is 15.3. The SMILES string of the molecule is BrCCC1CCCN(CCOc2ccc(Br)cc2)C1. The molecule has 106 valence electrons. The first-order chi connectivity index (χ1) is 9.28. The molecule has 0 radical (unpaired) electrons. The summed E-state index contributed by atoms with van der Waals surface area (Å²) in [7, 11) is 0. The van der Waals surface area contributed by atoms with E-state index in [0.717, 1.165) is 34.6 Å². The molecule has 0 spiro atoms. The summed E-state index contributed by atoms with van der Waals surface area (Å²) in [6.45, 7) is 4.27. The van der Waals surface area contributed by atoms with Crippen molar-refractivity contribution in [1.29, 1.82) is 0 Å². The van der Waals surface area contributed by atoms with Gasteiger partial charge in [0.1, 0.15) is 12.4 Å². The van der Waals surface area contributed by atoms with E-state index >= 15 is 0 Å². The van der Waals surface area contributed by atoms with E-state index in [0.29, 0.717) is 0 Å². The molecule has 0 aromatic heterocycles. The summed E-state index contributed by atoms with van der Waals surface area (Å²) in [4.78, 5) is 2.54. The van der Waals surface area contributed by atoms with Gasteiger partial charge in [-0.3, -0.25) is 4.90 Å². The Balaban J connectivity index is 1.69. The molecular weight excluding hydrogens is 370 g/mol. The van der Waals surface area contributed by atoms with Crippen molar-refractivity contribution in [3.8, 4) is 5.75 Å². The number of piperidine rings is 1. The van der Waals surface area contributed by atoms with Crippen LogP contribution >= 0.6 is 31.9 Å². The molecule has 1 aliphatic rings. The standard InChI is InChI=1S/C15H21Br2NO/c16-8-7-13-2-1-9-18(12-13)10-11-19-15-5-3-14(17)4-6-15/h3-6,13H,1-2,7-12H2. The monoisotopic (exact) mass is 389 g/mol. The highest BCUT2D eigenvalue weighted by Crippen LogP contribution is 2.20. The van der Waals surface area contributed by atoms with Crippen LogP contribution in [0, 0.1) is 5.92 Å². The molecule has 1 aliphatic heterocycles. The minimum atomic E-state index is 0.780.